The van der Waals surface area contributed by atoms with Crippen LogP contribution in [0, 0.1) is 17.8 Å². The molecule has 0 rings (SSSR count). The van der Waals surface area contributed by atoms with Crippen LogP contribution >= 0.6 is 0 Å². The van der Waals surface area contributed by atoms with Crippen LogP contribution in [0.1, 0.15) is 91.9 Å². The number of carbonyl (C=O) groups is 1. The minimum absolute atomic E-state index is 0.750. The van der Waals surface area contributed by atoms with E-state index in [2.05, 4.69) is 27.7 Å². The normalized spacial score (nSPS) is 14.6. The van der Waals surface area contributed by atoms with Gasteiger partial charge in [-0.1, -0.05) is 79.1 Å². The first-order chi connectivity index (χ1) is 9.06. The van der Waals surface area contributed by atoms with Crippen molar-refractivity contribution >= 4 is 6.29 Å². The molecule has 114 valence electrons. The maximum absolute atomic E-state index is 10.2. The van der Waals surface area contributed by atoms with Crippen LogP contribution in [0.3, 0.4) is 0 Å². The van der Waals surface area contributed by atoms with Crippen LogP contribution in [0.2, 0.25) is 0 Å². The Morgan fingerprint density at radius 1 is 0.684 bits per heavy atom. The van der Waals surface area contributed by atoms with Crippen molar-refractivity contribution in [3.05, 3.63) is 0 Å². The summed E-state index contributed by atoms with van der Waals surface area (Å²) >= 11 is 0. The van der Waals surface area contributed by atoms with Crippen molar-refractivity contribution in [1.29, 1.82) is 0 Å². The van der Waals surface area contributed by atoms with Gasteiger partial charge in [0.15, 0.2) is 0 Å². The van der Waals surface area contributed by atoms with Crippen LogP contribution in [-0.4, -0.2) is 6.29 Å². The predicted octanol–water partition coefficient (Wildman–Crippen LogP) is 6.01. The van der Waals surface area contributed by atoms with Crippen molar-refractivity contribution < 1.29 is 4.79 Å². The molecule has 0 saturated heterocycles. The summed E-state index contributed by atoms with van der Waals surface area (Å²) < 4.78 is 0. The summed E-state index contributed by atoms with van der Waals surface area (Å²) in [4.78, 5) is 10.2. The van der Waals surface area contributed by atoms with Gasteiger partial charge < -0.3 is 4.79 Å². The zero-order valence-corrected chi connectivity index (χ0v) is 13.8. The molecule has 2 atom stereocenters. The molecule has 0 bridgehead atoms. The van der Waals surface area contributed by atoms with Crippen molar-refractivity contribution in [2.24, 2.45) is 17.8 Å². The fourth-order valence-corrected chi connectivity index (χ4v) is 2.70. The topological polar surface area (TPSA) is 17.1 Å². The summed E-state index contributed by atoms with van der Waals surface area (Å²) in [5, 5.41) is 0. The molecule has 0 aliphatic carbocycles. The molecule has 2 unspecified atom stereocenters. The lowest BCUT2D eigenvalue weighted by Gasteiger charge is -2.14. The van der Waals surface area contributed by atoms with Gasteiger partial charge in [-0.3, -0.25) is 0 Å². The van der Waals surface area contributed by atoms with Crippen molar-refractivity contribution in [3.8, 4) is 0 Å². The molecule has 0 aliphatic rings. The van der Waals surface area contributed by atoms with Gasteiger partial charge in [0.1, 0.15) is 6.29 Å². The molecule has 0 fully saturated rings. The number of hydrogen-bond acceptors (Lipinski definition) is 1. The van der Waals surface area contributed by atoms with Gasteiger partial charge in [0.2, 0.25) is 0 Å². The Kier molecular flexibility index (Phi) is 12.5. The van der Waals surface area contributed by atoms with Crippen molar-refractivity contribution in [2.45, 2.75) is 91.9 Å². The molecule has 1 nitrogen and oxygen atoms in total. The van der Waals surface area contributed by atoms with Gasteiger partial charge in [0.05, 0.1) is 0 Å². The van der Waals surface area contributed by atoms with Crippen molar-refractivity contribution in [3.63, 3.8) is 0 Å². The Bertz CT molecular complexity index is 198. The van der Waals surface area contributed by atoms with Crippen LogP contribution in [-0.2, 0) is 4.79 Å². The van der Waals surface area contributed by atoms with Gasteiger partial charge in [-0.2, -0.15) is 0 Å². The summed E-state index contributed by atoms with van der Waals surface area (Å²) in [6.45, 7) is 9.41. The number of hydrogen-bond donors (Lipinski definition) is 0. The van der Waals surface area contributed by atoms with E-state index in [1.54, 1.807) is 0 Å². The fourth-order valence-electron chi connectivity index (χ4n) is 2.70. The predicted molar refractivity (Wildman–Crippen MR) is 85.4 cm³/mol. The Hall–Kier alpha value is -0.330. The molecule has 0 aromatic rings. The Labute approximate surface area is 121 Å². The molecule has 0 amide bonds. The van der Waals surface area contributed by atoms with Gasteiger partial charge in [-0.05, 0) is 24.2 Å². The third kappa shape index (κ3) is 13.9. The summed E-state index contributed by atoms with van der Waals surface area (Å²) in [5.74, 6) is 2.61. The van der Waals surface area contributed by atoms with E-state index in [4.69, 9.17) is 0 Å². The average molecular weight is 268 g/mol. The highest BCUT2D eigenvalue weighted by Crippen LogP contribution is 2.21. The summed E-state index contributed by atoms with van der Waals surface area (Å²) in [6.07, 6.45) is 13.8. The van der Waals surface area contributed by atoms with Crippen molar-refractivity contribution in [2.75, 3.05) is 0 Å². The molecule has 0 heterocycles. The van der Waals surface area contributed by atoms with E-state index < -0.39 is 0 Å². The van der Waals surface area contributed by atoms with Gasteiger partial charge in [0, 0.05) is 6.42 Å². The standard InChI is InChI=1S/C18H36O/c1-16(2)10-8-12-18(4)14-9-13-17(3)11-6-5-7-15-19/h15-18H,5-14H2,1-4H3. The number of rotatable bonds is 13. The van der Waals surface area contributed by atoms with Crippen molar-refractivity contribution in [1.82, 2.24) is 0 Å². The lowest BCUT2D eigenvalue weighted by Crippen LogP contribution is -2.00. The third-order valence-electron chi connectivity index (χ3n) is 4.14. The number of carbonyl (C=O) groups excluding carboxylic acids is 1. The van der Waals surface area contributed by atoms with E-state index in [1.165, 1.54) is 51.4 Å². The molecule has 0 spiro atoms. The first kappa shape index (κ1) is 18.7. The minimum atomic E-state index is 0.750. The molecule has 0 saturated carbocycles. The largest absolute Gasteiger partial charge is 0.303 e. The molecule has 0 N–H and O–H groups in total. The van der Waals surface area contributed by atoms with E-state index in [-0.39, 0.29) is 0 Å². The van der Waals surface area contributed by atoms with Gasteiger partial charge in [0.25, 0.3) is 0 Å². The highest BCUT2D eigenvalue weighted by molar-refractivity contribution is 5.48. The quantitative estimate of drug-likeness (QED) is 0.295. The fraction of sp³-hybridized carbons (Fsp3) is 0.944. The second-order valence-corrected chi connectivity index (χ2v) is 6.92. The molecule has 19 heavy (non-hydrogen) atoms. The summed E-state index contributed by atoms with van der Waals surface area (Å²) in [5.41, 5.74) is 0. The first-order valence-corrected chi connectivity index (χ1v) is 8.49. The van der Waals surface area contributed by atoms with E-state index in [0.29, 0.717) is 0 Å². The SMILES string of the molecule is CC(C)CCCC(C)CCCC(C)CCCCC=O. The molecule has 0 aromatic carbocycles. The molecular formula is C18H36O. The number of aldehydes is 1. The smallest absolute Gasteiger partial charge is 0.119 e. The van der Waals surface area contributed by atoms with Gasteiger partial charge >= 0.3 is 0 Å². The van der Waals surface area contributed by atoms with E-state index >= 15 is 0 Å². The second kappa shape index (κ2) is 12.7. The highest BCUT2D eigenvalue weighted by atomic mass is 16.1. The van der Waals surface area contributed by atoms with E-state index in [0.717, 1.165) is 36.9 Å². The zero-order chi connectivity index (χ0) is 14.5. The maximum Gasteiger partial charge on any atom is 0.119 e. The van der Waals surface area contributed by atoms with Crippen LogP contribution < -0.4 is 0 Å². The molecule has 0 aromatic heterocycles. The Morgan fingerprint density at radius 2 is 1.16 bits per heavy atom. The minimum Gasteiger partial charge on any atom is -0.303 e. The Balaban J connectivity index is 3.37. The monoisotopic (exact) mass is 268 g/mol. The Morgan fingerprint density at radius 3 is 1.63 bits per heavy atom. The van der Waals surface area contributed by atoms with Gasteiger partial charge in [-0.15, -0.1) is 0 Å². The summed E-state index contributed by atoms with van der Waals surface area (Å²) in [7, 11) is 0. The molecule has 0 aliphatic heterocycles. The van der Waals surface area contributed by atoms with Crippen LogP contribution in [0.5, 0.6) is 0 Å². The van der Waals surface area contributed by atoms with Crippen LogP contribution in [0.25, 0.3) is 0 Å². The lowest BCUT2D eigenvalue weighted by molar-refractivity contribution is -0.107. The molecule has 1 heteroatoms. The molecular weight excluding hydrogens is 232 g/mol. The summed E-state index contributed by atoms with van der Waals surface area (Å²) in [6, 6.07) is 0. The van der Waals surface area contributed by atoms with Crippen LogP contribution in [0.15, 0.2) is 0 Å². The highest BCUT2D eigenvalue weighted by Gasteiger charge is 2.06. The second-order valence-electron chi connectivity index (χ2n) is 6.92. The first-order valence-electron chi connectivity index (χ1n) is 8.49. The van der Waals surface area contributed by atoms with E-state index in [1.807, 2.05) is 0 Å². The number of unbranched alkanes of at least 4 members (excludes halogenated alkanes) is 2. The van der Waals surface area contributed by atoms with E-state index in [9.17, 15) is 4.79 Å². The average Bonchev–Trinajstić information content (AvgIpc) is 2.34. The maximum atomic E-state index is 10.2. The third-order valence-corrected chi connectivity index (χ3v) is 4.14. The lowest BCUT2D eigenvalue weighted by atomic mass is 9.92. The van der Waals surface area contributed by atoms with Crippen LogP contribution in [0.4, 0.5) is 0 Å². The zero-order valence-electron chi connectivity index (χ0n) is 13.8. The van der Waals surface area contributed by atoms with Gasteiger partial charge in [-0.25, -0.2) is 0 Å². The molecule has 0 radical (unpaired) electrons.